The number of aliphatic hydroxyl groups excluding tert-OH is 1. The normalized spacial score (nSPS) is 18.5. The number of aromatic nitrogens is 2. The predicted molar refractivity (Wildman–Crippen MR) is 78.7 cm³/mol. The van der Waals surface area contributed by atoms with Gasteiger partial charge in [0.2, 0.25) is 0 Å². The zero-order valence-electron chi connectivity index (χ0n) is 12.0. The lowest BCUT2D eigenvalue weighted by atomic mass is 9.77. The summed E-state index contributed by atoms with van der Waals surface area (Å²) in [5, 5.41) is 15.8. The van der Waals surface area contributed by atoms with E-state index in [0.717, 1.165) is 44.7 Å². The van der Waals surface area contributed by atoms with Gasteiger partial charge in [-0.2, -0.15) is 5.10 Å². The van der Waals surface area contributed by atoms with Gasteiger partial charge in [-0.1, -0.05) is 18.2 Å². The highest BCUT2D eigenvalue weighted by molar-refractivity contribution is 5.82. The molecule has 0 spiro atoms. The molecule has 1 aliphatic rings. The van der Waals surface area contributed by atoms with E-state index < -0.39 is 0 Å². The van der Waals surface area contributed by atoms with Gasteiger partial charge < -0.3 is 9.84 Å². The number of ether oxygens (including phenoxy) is 1. The molecule has 1 saturated heterocycles. The fourth-order valence-corrected chi connectivity index (χ4v) is 3.12. The number of hydrogen-bond donors (Lipinski definition) is 1. The molecule has 0 amide bonds. The number of fused-ring (bicyclic) bond motifs is 1. The van der Waals surface area contributed by atoms with Crippen LogP contribution in [0.15, 0.2) is 24.3 Å². The summed E-state index contributed by atoms with van der Waals surface area (Å²) in [4.78, 5) is 0. The Balaban J connectivity index is 1.97. The summed E-state index contributed by atoms with van der Waals surface area (Å²) in [6.07, 6.45) is 2.66. The van der Waals surface area contributed by atoms with Crippen molar-refractivity contribution in [1.29, 1.82) is 0 Å². The van der Waals surface area contributed by atoms with Gasteiger partial charge in [-0.3, -0.25) is 4.68 Å². The zero-order chi connectivity index (χ0) is 14.0. The van der Waals surface area contributed by atoms with E-state index >= 15 is 0 Å². The Hall–Kier alpha value is -1.39. The molecule has 0 bridgehead atoms. The molecule has 0 radical (unpaired) electrons. The highest BCUT2D eigenvalue weighted by atomic mass is 16.5. The molecule has 4 nitrogen and oxygen atoms in total. The molecule has 2 aromatic rings. The summed E-state index contributed by atoms with van der Waals surface area (Å²) in [5.74, 6) is 0. The van der Waals surface area contributed by atoms with Crippen molar-refractivity contribution in [2.24, 2.45) is 5.41 Å². The Bertz CT molecular complexity index is 585. The van der Waals surface area contributed by atoms with E-state index in [0.29, 0.717) is 0 Å². The number of aliphatic hydroxyl groups is 1. The van der Waals surface area contributed by atoms with Crippen molar-refractivity contribution in [2.45, 2.75) is 32.7 Å². The lowest BCUT2D eigenvalue weighted by molar-refractivity contribution is -0.0161. The van der Waals surface area contributed by atoms with Crippen molar-refractivity contribution < 1.29 is 9.84 Å². The van der Waals surface area contributed by atoms with E-state index in [4.69, 9.17) is 9.84 Å². The van der Waals surface area contributed by atoms with Crippen LogP contribution in [-0.2, 0) is 17.7 Å². The second-order valence-electron chi connectivity index (χ2n) is 5.73. The fraction of sp³-hybridized carbons (Fsp3) is 0.562. The van der Waals surface area contributed by atoms with Crippen LogP contribution in [0.3, 0.4) is 0 Å². The molecule has 2 heterocycles. The first-order chi connectivity index (χ1) is 9.78. The maximum Gasteiger partial charge on any atom is 0.0709 e. The van der Waals surface area contributed by atoms with Crippen LogP contribution in [0.2, 0.25) is 0 Å². The monoisotopic (exact) mass is 274 g/mol. The van der Waals surface area contributed by atoms with Crippen LogP contribution in [0.5, 0.6) is 0 Å². The molecule has 0 aliphatic carbocycles. The molecule has 0 atom stereocenters. The Morgan fingerprint density at radius 3 is 2.75 bits per heavy atom. The van der Waals surface area contributed by atoms with Crippen molar-refractivity contribution in [1.82, 2.24) is 9.78 Å². The van der Waals surface area contributed by atoms with E-state index in [1.807, 2.05) is 0 Å². The van der Waals surface area contributed by atoms with E-state index in [1.54, 1.807) is 0 Å². The standard InChI is InChI=1S/C16H22N2O2/c1-2-18-15-6-4-3-5-13(15)14(17-18)11-16(12-19)7-9-20-10-8-16/h3-6,19H,2,7-12H2,1H3. The van der Waals surface area contributed by atoms with Gasteiger partial charge in [0.1, 0.15) is 0 Å². The minimum atomic E-state index is -0.0616. The van der Waals surface area contributed by atoms with Crippen LogP contribution in [0, 0.1) is 5.41 Å². The molecule has 108 valence electrons. The van der Waals surface area contributed by atoms with Gasteiger partial charge in [-0.25, -0.2) is 0 Å². The minimum Gasteiger partial charge on any atom is -0.396 e. The van der Waals surface area contributed by atoms with E-state index in [9.17, 15) is 5.11 Å². The topological polar surface area (TPSA) is 47.3 Å². The van der Waals surface area contributed by atoms with Crippen molar-refractivity contribution in [3.05, 3.63) is 30.0 Å². The number of nitrogens with zero attached hydrogens (tertiary/aromatic N) is 2. The van der Waals surface area contributed by atoms with Crippen LogP contribution >= 0.6 is 0 Å². The lowest BCUT2D eigenvalue weighted by Crippen LogP contribution is -2.35. The van der Waals surface area contributed by atoms with E-state index in [1.165, 1.54) is 10.9 Å². The highest BCUT2D eigenvalue weighted by Gasteiger charge is 2.33. The Morgan fingerprint density at radius 2 is 2.05 bits per heavy atom. The Morgan fingerprint density at radius 1 is 1.30 bits per heavy atom. The van der Waals surface area contributed by atoms with Crippen molar-refractivity contribution in [3.63, 3.8) is 0 Å². The van der Waals surface area contributed by atoms with Gasteiger partial charge in [-0.15, -0.1) is 0 Å². The quantitative estimate of drug-likeness (QED) is 0.931. The molecule has 1 fully saturated rings. The first kappa shape index (κ1) is 13.6. The van der Waals surface area contributed by atoms with Crippen molar-refractivity contribution in [3.8, 4) is 0 Å². The zero-order valence-corrected chi connectivity index (χ0v) is 12.0. The highest BCUT2D eigenvalue weighted by Crippen LogP contribution is 2.35. The molecule has 0 saturated carbocycles. The van der Waals surface area contributed by atoms with Crippen LogP contribution < -0.4 is 0 Å². The number of para-hydroxylation sites is 1. The Labute approximate surface area is 119 Å². The van der Waals surface area contributed by atoms with Crippen LogP contribution in [-0.4, -0.2) is 34.7 Å². The van der Waals surface area contributed by atoms with E-state index in [2.05, 4.69) is 35.9 Å². The predicted octanol–water partition coefficient (Wildman–Crippen LogP) is 2.39. The SMILES string of the molecule is CCn1nc(CC2(CO)CCOCC2)c2ccccc21. The molecule has 1 N–H and O–H groups in total. The molecule has 3 rings (SSSR count). The minimum absolute atomic E-state index is 0.0616. The number of rotatable bonds is 4. The smallest absolute Gasteiger partial charge is 0.0709 e. The summed E-state index contributed by atoms with van der Waals surface area (Å²) >= 11 is 0. The van der Waals surface area contributed by atoms with Gasteiger partial charge in [0.05, 0.1) is 11.2 Å². The first-order valence-electron chi connectivity index (χ1n) is 7.41. The molecular weight excluding hydrogens is 252 g/mol. The molecule has 20 heavy (non-hydrogen) atoms. The third-order valence-corrected chi connectivity index (χ3v) is 4.47. The van der Waals surface area contributed by atoms with E-state index in [-0.39, 0.29) is 12.0 Å². The molecular formula is C16H22N2O2. The number of aryl methyl sites for hydroxylation is 1. The largest absolute Gasteiger partial charge is 0.396 e. The second kappa shape index (κ2) is 5.54. The molecule has 1 aromatic carbocycles. The molecule has 0 unspecified atom stereocenters. The molecule has 4 heteroatoms. The summed E-state index contributed by atoms with van der Waals surface area (Å²) in [5.41, 5.74) is 2.23. The van der Waals surface area contributed by atoms with Gasteiger partial charge in [0, 0.05) is 43.6 Å². The third-order valence-electron chi connectivity index (χ3n) is 4.47. The number of hydrogen-bond acceptors (Lipinski definition) is 3. The number of benzene rings is 1. The van der Waals surface area contributed by atoms with Gasteiger partial charge >= 0.3 is 0 Å². The fourth-order valence-electron chi connectivity index (χ4n) is 3.12. The van der Waals surface area contributed by atoms with Crippen molar-refractivity contribution in [2.75, 3.05) is 19.8 Å². The average Bonchev–Trinajstić information content (AvgIpc) is 2.86. The van der Waals surface area contributed by atoms with Crippen molar-refractivity contribution >= 4 is 10.9 Å². The molecule has 1 aromatic heterocycles. The first-order valence-corrected chi connectivity index (χ1v) is 7.41. The van der Waals surface area contributed by atoms with Crippen LogP contribution in [0.1, 0.15) is 25.5 Å². The maximum absolute atomic E-state index is 9.85. The third kappa shape index (κ3) is 2.34. The lowest BCUT2D eigenvalue weighted by Gasteiger charge is -2.35. The summed E-state index contributed by atoms with van der Waals surface area (Å²) in [6, 6.07) is 8.36. The average molecular weight is 274 g/mol. The maximum atomic E-state index is 9.85. The Kier molecular flexibility index (Phi) is 3.76. The summed E-state index contributed by atoms with van der Waals surface area (Å²) < 4.78 is 7.49. The van der Waals surface area contributed by atoms with Gasteiger partial charge in [-0.05, 0) is 25.8 Å². The molecule has 1 aliphatic heterocycles. The van der Waals surface area contributed by atoms with Gasteiger partial charge in [0.25, 0.3) is 0 Å². The summed E-state index contributed by atoms with van der Waals surface area (Å²) in [7, 11) is 0. The second-order valence-corrected chi connectivity index (χ2v) is 5.73. The van der Waals surface area contributed by atoms with Crippen LogP contribution in [0.25, 0.3) is 10.9 Å². The summed E-state index contributed by atoms with van der Waals surface area (Å²) in [6.45, 7) is 4.68. The van der Waals surface area contributed by atoms with Crippen LogP contribution in [0.4, 0.5) is 0 Å². The van der Waals surface area contributed by atoms with Gasteiger partial charge in [0.15, 0.2) is 0 Å².